The van der Waals surface area contributed by atoms with E-state index in [9.17, 15) is 9.18 Å². The maximum atomic E-state index is 13.4. The summed E-state index contributed by atoms with van der Waals surface area (Å²) in [7, 11) is 1.31. The van der Waals surface area contributed by atoms with Gasteiger partial charge in [0.2, 0.25) is 0 Å². The Hall–Kier alpha value is -0.750. The molecule has 1 atom stereocenters. The lowest BCUT2D eigenvalue weighted by atomic mass is 10.3. The van der Waals surface area contributed by atoms with Crippen LogP contribution in [0.2, 0.25) is 0 Å². The molecule has 0 saturated carbocycles. The molecular weight excluding hydrogens is 297 g/mol. The van der Waals surface area contributed by atoms with Gasteiger partial charge >= 0.3 is 5.97 Å². The van der Waals surface area contributed by atoms with E-state index < -0.39 is 4.83 Å². The van der Waals surface area contributed by atoms with Gasteiger partial charge in [-0.2, -0.15) is 0 Å². The van der Waals surface area contributed by atoms with Crippen LogP contribution in [0.3, 0.4) is 0 Å². The zero-order chi connectivity index (χ0) is 12.1. The highest BCUT2D eigenvalue weighted by molar-refractivity contribution is 9.10. The van der Waals surface area contributed by atoms with Gasteiger partial charge in [0.15, 0.2) is 0 Å². The van der Waals surface area contributed by atoms with Crippen LogP contribution in [0.25, 0.3) is 0 Å². The molecule has 0 amide bonds. The van der Waals surface area contributed by atoms with Crippen molar-refractivity contribution in [3.63, 3.8) is 0 Å². The number of halogens is 2. The molecule has 0 spiro atoms. The molecular formula is C10H11BrFNO2S. The first-order valence-corrected chi connectivity index (χ1v) is 6.34. The van der Waals surface area contributed by atoms with E-state index in [1.807, 2.05) is 0 Å². The SMILES string of the molecule is COC(=O)C(Br)CSc1ccc(N)cc1F. The van der Waals surface area contributed by atoms with E-state index in [1.165, 1.54) is 24.9 Å². The van der Waals surface area contributed by atoms with Crippen molar-refractivity contribution < 1.29 is 13.9 Å². The molecule has 0 aromatic heterocycles. The van der Waals surface area contributed by atoms with Crippen molar-refractivity contribution >= 4 is 39.3 Å². The number of carbonyl (C=O) groups excluding carboxylic acids is 1. The summed E-state index contributed by atoms with van der Waals surface area (Å²) in [4.78, 5) is 11.1. The lowest BCUT2D eigenvalue weighted by molar-refractivity contribution is -0.139. The molecule has 2 N–H and O–H groups in total. The highest BCUT2D eigenvalue weighted by Gasteiger charge is 2.16. The van der Waals surface area contributed by atoms with E-state index in [-0.39, 0.29) is 11.8 Å². The highest BCUT2D eigenvalue weighted by atomic mass is 79.9. The number of rotatable bonds is 4. The summed E-state index contributed by atoms with van der Waals surface area (Å²) in [6.45, 7) is 0. The van der Waals surface area contributed by atoms with Crippen LogP contribution in [0, 0.1) is 5.82 Å². The Kier molecular flexibility index (Phi) is 5.08. The number of hydrogen-bond acceptors (Lipinski definition) is 4. The van der Waals surface area contributed by atoms with Crippen molar-refractivity contribution in [1.82, 2.24) is 0 Å². The van der Waals surface area contributed by atoms with E-state index in [1.54, 1.807) is 12.1 Å². The van der Waals surface area contributed by atoms with Gasteiger partial charge in [0.05, 0.1) is 7.11 Å². The molecule has 0 aliphatic rings. The largest absolute Gasteiger partial charge is 0.468 e. The summed E-state index contributed by atoms with van der Waals surface area (Å²) in [6.07, 6.45) is 0. The topological polar surface area (TPSA) is 52.3 Å². The average Bonchev–Trinajstić information content (AvgIpc) is 2.26. The summed E-state index contributed by atoms with van der Waals surface area (Å²) in [5.41, 5.74) is 5.80. The van der Waals surface area contributed by atoms with Crippen LogP contribution < -0.4 is 5.73 Å². The Bertz CT molecular complexity index is 389. The number of esters is 1. The minimum Gasteiger partial charge on any atom is -0.468 e. The summed E-state index contributed by atoms with van der Waals surface area (Å²) < 4.78 is 17.9. The fraction of sp³-hybridized carbons (Fsp3) is 0.300. The fourth-order valence-electron chi connectivity index (χ4n) is 0.993. The molecule has 88 valence electrons. The molecule has 6 heteroatoms. The van der Waals surface area contributed by atoms with E-state index >= 15 is 0 Å². The zero-order valence-corrected chi connectivity index (χ0v) is 11.0. The van der Waals surface area contributed by atoms with Crippen molar-refractivity contribution in [3.05, 3.63) is 24.0 Å². The number of thioether (sulfide) groups is 1. The normalized spacial score (nSPS) is 12.2. The molecule has 0 aliphatic carbocycles. The predicted molar refractivity (Wildman–Crippen MR) is 66.3 cm³/mol. The third-order valence-corrected chi connectivity index (χ3v) is 4.07. The molecule has 0 bridgehead atoms. The van der Waals surface area contributed by atoms with Gasteiger partial charge in [0, 0.05) is 16.3 Å². The Morgan fingerprint density at radius 1 is 1.69 bits per heavy atom. The van der Waals surface area contributed by atoms with Crippen molar-refractivity contribution in [2.75, 3.05) is 18.6 Å². The average molecular weight is 308 g/mol. The second-order valence-corrected chi connectivity index (χ2v) is 5.16. The van der Waals surface area contributed by atoms with Crippen LogP contribution in [-0.4, -0.2) is 23.7 Å². The number of benzene rings is 1. The summed E-state index contributed by atoms with van der Waals surface area (Å²) in [5.74, 6) is -0.356. The summed E-state index contributed by atoms with van der Waals surface area (Å²) in [6, 6.07) is 4.46. The molecule has 1 aromatic rings. The monoisotopic (exact) mass is 307 g/mol. The van der Waals surface area contributed by atoms with Gasteiger partial charge in [-0.15, -0.1) is 11.8 Å². The lowest BCUT2D eigenvalue weighted by Gasteiger charge is -2.07. The second kappa shape index (κ2) is 6.10. The van der Waals surface area contributed by atoms with Gasteiger partial charge < -0.3 is 10.5 Å². The zero-order valence-electron chi connectivity index (χ0n) is 8.57. The van der Waals surface area contributed by atoms with Gasteiger partial charge in [-0.05, 0) is 18.2 Å². The third kappa shape index (κ3) is 3.68. The standard InChI is InChI=1S/C10H11BrFNO2S/c1-15-10(14)7(11)5-16-9-3-2-6(13)4-8(9)12/h2-4,7H,5,13H2,1H3. The maximum absolute atomic E-state index is 13.4. The minimum absolute atomic E-state index is 0.372. The fourth-order valence-corrected chi connectivity index (χ4v) is 2.40. The molecule has 0 radical (unpaired) electrons. The first-order chi connectivity index (χ1) is 7.54. The van der Waals surface area contributed by atoms with Gasteiger partial charge in [0.25, 0.3) is 0 Å². The van der Waals surface area contributed by atoms with Crippen LogP contribution in [0.5, 0.6) is 0 Å². The van der Waals surface area contributed by atoms with E-state index in [0.717, 1.165) is 0 Å². The van der Waals surface area contributed by atoms with E-state index in [0.29, 0.717) is 16.3 Å². The van der Waals surface area contributed by atoms with Crippen LogP contribution in [-0.2, 0) is 9.53 Å². The molecule has 0 saturated heterocycles. The van der Waals surface area contributed by atoms with E-state index in [4.69, 9.17) is 5.73 Å². The van der Waals surface area contributed by atoms with Crippen molar-refractivity contribution in [3.8, 4) is 0 Å². The number of ether oxygens (including phenoxy) is 1. The Morgan fingerprint density at radius 2 is 2.38 bits per heavy atom. The summed E-state index contributed by atoms with van der Waals surface area (Å²) in [5, 5.41) is 0. The Morgan fingerprint density at radius 3 is 2.94 bits per heavy atom. The number of anilines is 1. The number of carbonyl (C=O) groups is 1. The number of hydrogen-bond donors (Lipinski definition) is 1. The van der Waals surface area contributed by atoms with Gasteiger partial charge in [-0.3, -0.25) is 4.79 Å². The predicted octanol–water partition coefficient (Wildman–Crippen LogP) is 2.44. The number of nitrogens with two attached hydrogens (primary N) is 1. The molecule has 0 fully saturated rings. The van der Waals surface area contributed by atoms with Crippen LogP contribution >= 0.6 is 27.7 Å². The molecule has 1 unspecified atom stereocenters. The van der Waals surface area contributed by atoms with Gasteiger partial charge in [0.1, 0.15) is 10.6 Å². The second-order valence-electron chi connectivity index (χ2n) is 2.99. The molecule has 0 aliphatic heterocycles. The van der Waals surface area contributed by atoms with Gasteiger partial charge in [-0.1, -0.05) is 15.9 Å². The molecule has 1 rings (SSSR count). The summed E-state index contributed by atoms with van der Waals surface area (Å²) >= 11 is 4.39. The van der Waals surface area contributed by atoms with E-state index in [2.05, 4.69) is 20.7 Å². The van der Waals surface area contributed by atoms with Crippen molar-refractivity contribution in [2.24, 2.45) is 0 Å². The minimum atomic E-state index is -0.445. The smallest absolute Gasteiger partial charge is 0.320 e. The van der Waals surface area contributed by atoms with Crippen molar-refractivity contribution in [1.29, 1.82) is 0 Å². The number of nitrogen functional groups attached to an aromatic ring is 1. The Balaban J connectivity index is 2.58. The molecule has 0 heterocycles. The molecule has 3 nitrogen and oxygen atoms in total. The van der Waals surface area contributed by atoms with Crippen LogP contribution in [0.1, 0.15) is 0 Å². The number of methoxy groups -OCH3 is 1. The Labute approximate surface area is 106 Å². The van der Waals surface area contributed by atoms with Gasteiger partial charge in [-0.25, -0.2) is 4.39 Å². The molecule has 1 aromatic carbocycles. The van der Waals surface area contributed by atoms with Crippen LogP contribution in [0.15, 0.2) is 23.1 Å². The van der Waals surface area contributed by atoms with Crippen LogP contribution in [0.4, 0.5) is 10.1 Å². The first-order valence-electron chi connectivity index (χ1n) is 4.44. The highest BCUT2D eigenvalue weighted by Crippen LogP contribution is 2.25. The maximum Gasteiger partial charge on any atom is 0.320 e. The quantitative estimate of drug-likeness (QED) is 0.402. The van der Waals surface area contributed by atoms with Crippen molar-refractivity contribution in [2.45, 2.75) is 9.72 Å². The number of alkyl halides is 1. The third-order valence-electron chi connectivity index (χ3n) is 1.80. The molecule has 16 heavy (non-hydrogen) atoms. The first kappa shape index (κ1) is 13.3. The lowest BCUT2D eigenvalue weighted by Crippen LogP contribution is -2.17.